The molecule has 0 bridgehead atoms. The van der Waals surface area contributed by atoms with Crippen molar-refractivity contribution in [3.63, 3.8) is 0 Å². The molecule has 0 spiro atoms. The molecule has 0 heterocycles. The zero-order chi connectivity index (χ0) is 10.7. The second-order valence-corrected chi connectivity index (χ2v) is 2.91. The van der Waals surface area contributed by atoms with Crippen LogP contribution in [0.4, 0.5) is 4.39 Å². The van der Waals surface area contributed by atoms with Gasteiger partial charge in [-0.15, -0.1) is 0 Å². The van der Waals surface area contributed by atoms with E-state index in [2.05, 4.69) is 0 Å². The van der Waals surface area contributed by atoms with Gasteiger partial charge in [-0.05, 0) is 18.6 Å². The third-order valence-corrected chi connectivity index (χ3v) is 1.80. The van der Waals surface area contributed by atoms with Crippen LogP contribution in [0.1, 0.15) is 22.8 Å². The molecule has 1 aromatic rings. The van der Waals surface area contributed by atoms with Crippen LogP contribution in [0, 0.1) is 5.82 Å². The second kappa shape index (κ2) is 4.00. The number of aliphatic carboxylic acids is 1. The lowest BCUT2D eigenvalue weighted by atomic mass is 10.0. The third kappa shape index (κ3) is 2.16. The Morgan fingerprint density at radius 2 is 2.07 bits per heavy atom. The molecule has 14 heavy (non-hydrogen) atoms. The summed E-state index contributed by atoms with van der Waals surface area (Å²) in [5.74, 6) is -2.26. The van der Waals surface area contributed by atoms with Crippen molar-refractivity contribution in [2.45, 2.75) is 13.3 Å². The van der Waals surface area contributed by atoms with E-state index in [1.807, 2.05) is 0 Å². The normalized spacial score (nSPS) is 9.86. The van der Waals surface area contributed by atoms with E-state index in [9.17, 15) is 14.0 Å². The average molecular weight is 196 g/mol. The SMILES string of the molecule is CC(=O)c1cccc(CC(=O)O)c1F. The fourth-order valence-corrected chi connectivity index (χ4v) is 1.15. The first kappa shape index (κ1) is 10.4. The van der Waals surface area contributed by atoms with Crippen molar-refractivity contribution in [1.29, 1.82) is 0 Å². The van der Waals surface area contributed by atoms with Crippen molar-refractivity contribution in [2.75, 3.05) is 0 Å². The Labute approximate surface area is 80.2 Å². The topological polar surface area (TPSA) is 54.4 Å². The minimum Gasteiger partial charge on any atom is -0.481 e. The highest BCUT2D eigenvalue weighted by atomic mass is 19.1. The van der Waals surface area contributed by atoms with Gasteiger partial charge in [0.05, 0.1) is 12.0 Å². The van der Waals surface area contributed by atoms with Gasteiger partial charge >= 0.3 is 5.97 Å². The molecule has 0 aliphatic rings. The Morgan fingerprint density at radius 3 is 2.57 bits per heavy atom. The molecule has 74 valence electrons. The summed E-state index contributed by atoms with van der Waals surface area (Å²) >= 11 is 0. The highest BCUT2D eigenvalue weighted by molar-refractivity contribution is 5.94. The summed E-state index contributed by atoms with van der Waals surface area (Å²) in [6.45, 7) is 1.24. The molecule has 0 amide bonds. The Morgan fingerprint density at radius 1 is 1.43 bits per heavy atom. The largest absolute Gasteiger partial charge is 0.481 e. The van der Waals surface area contributed by atoms with E-state index in [0.717, 1.165) is 0 Å². The van der Waals surface area contributed by atoms with Crippen LogP contribution in [0.2, 0.25) is 0 Å². The number of carboxylic acid groups (broad SMARTS) is 1. The number of halogens is 1. The van der Waals surface area contributed by atoms with Gasteiger partial charge in [-0.3, -0.25) is 9.59 Å². The number of ketones is 1. The van der Waals surface area contributed by atoms with Crippen molar-refractivity contribution in [3.8, 4) is 0 Å². The van der Waals surface area contributed by atoms with Crippen LogP contribution in [0.5, 0.6) is 0 Å². The molecule has 0 atom stereocenters. The van der Waals surface area contributed by atoms with Gasteiger partial charge in [0.25, 0.3) is 0 Å². The minimum absolute atomic E-state index is 0.0326. The predicted octanol–water partition coefficient (Wildman–Crippen LogP) is 1.66. The monoisotopic (exact) mass is 196 g/mol. The first-order chi connectivity index (χ1) is 6.52. The summed E-state index contributed by atoms with van der Waals surface area (Å²) in [7, 11) is 0. The zero-order valence-electron chi connectivity index (χ0n) is 7.58. The predicted molar refractivity (Wildman–Crippen MR) is 47.7 cm³/mol. The van der Waals surface area contributed by atoms with Gasteiger partial charge in [-0.1, -0.05) is 12.1 Å². The van der Waals surface area contributed by atoms with Crippen LogP contribution in [0.3, 0.4) is 0 Å². The molecule has 1 aromatic carbocycles. The summed E-state index contributed by atoms with van der Waals surface area (Å²) in [5, 5.41) is 8.47. The van der Waals surface area contributed by atoms with E-state index in [-0.39, 0.29) is 11.1 Å². The highest BCUT2D eigenvalue weighted by Gasteiger charge is 2.13. The first-order valence-electron chi connectivity index (χ1n) is 4.02. The first-order valence-corrected chi connectivity index (χ1v) is 4.02. The summed E-state index contributed by atoms with van der Waals surface area (Å²) in [6.07, 6.45) is -0.410. The molecular formula is C10H9FO3. The minimum atomic E-state index is -1.12. The van der Waals surface area contributed by atoms with Gasteiger partial charge in [0.15, 0.2) is 5.78 Å². The number of hydrogen-bond acceptors (Lipinski definition) is 2. The van der Waals surface area contributed by atoms with E-state index in [4.69, 9.17) is 5.11 Å². The molecule has 4 heteroatoms. The lowest BCUT2D eigenvalue weighted by Gasteiger charge is -2.03. The molecule has 1 rings (SSSR count). The molecular weight excluding hydrogens is 187 g/mol. The fraction of sp³-hybridized carbons (Fsp3) is 0.200. The molecule has 0 unspecified atom stereocenters. The van der Waals surface area contributed by atoms with E-state index in [0.29, 0.717) is 0 Å². The van der Waals surface area contributed by atoms with Crippen LogP contribution in [0.25, 0.3) is 0 Å². The van der Waals surface area contributed by atoms with Crippen molar-refractivity contribution in [1.82, 2.24) is 0 Å². The van der Waals surface area contributed by atoms with Gasteiger partial charge < -0.3 is 5.11 Å². The maximum Gasteiger partial charge on any atom is 0.307 e. The van der Waals surface area contributed by atoms with Crippen LogP contribution in [-0.4, -0.2) is 16.9 Å². The lowest BCUT2D eigenvalue weighted by Crippen LogP contribution is -2.06. The van der Waals surface area contributed by atoms with E-state index < -0.39 is 24.0 Å². The molecule has 3 nitrogen and oxygen atoms in total. The maximum atomic E-state index is 13.4. The fourth-order valence-electron chi connectivity index (χ4n) is 1.15. The Kier molecular flexibility index (Phi) is 2.96. The Balaban J connectivity index is 3.13. The van der Waals surface area contributed by atoms with Crippen LogP contribution < -0.4 is 0 Å². The Hall–Kier alpha value is -1.71. The van der Waals surface area contributed by atoms with Gasteiger partial charge in [0, 0.05) is 0 Å². The molecule has 0 aliphatic carbocycles. The summed E-state index contributed by atoms with van der Waals surface area (Å²) in [6, 6.07) is 4.16. The van der Waals surface area contributed by atoms with Crippen LogP contribution >= 0.6 is 0 Å². The Bertz CT molecular complexity index is 385. The lowest BCUT2D eigenvalue weighted by molar-refractivity contribution is -0.136. The number of rotatable bonds is 3. The molecule has 0 radical (unpaired) electrons. The maximum absolute atomic E-state index is 13.4. The van der Waals surface area contributed by atoms with Gasteiger partial charge in [-0.2, -0.15) is 0 Å². The zero-order valence-corrected chi connectivity index (χ0v) is 7.58. The molecule has 0 aromatic heterocycles. The average Bonchev–Trinajstić information content (AvgIpc) is 2.07. The van der Waals surface area contributed by atoms with Crippen molar-refractivity contribution in [3.05, 3.63) is 35.1 Å². The van der Waals surface area contributed by atoms with E-state index in [1.165, 1.54) is 25.1 Å². The summed E-state index contributed by atoms with van der Waals surface area (Å²) in [5.41, 5.74) is -0.0334. The van der Waals surface area contributed by atoms with Crippen LogP contribution in [-0.2, 0) is 11.2 Å². The third-order valence-electron chi connectivity index (χ3n) is 1.80. The second-order valence-electron chi connectivity index (χ2n) is 2.91. The number of carboxylic acids is 1. The van der Waals surface area contributed by atoms with Gasteiger partial charge in [0.1, 0.15) is 5.82 Å². The smallest absolute Gasteiger partial charge is 0.307 e. The summed E-state index contributed by atoms with van der Waals surface area (Å²) in [4.78, 5) is 21.3. The quantitative estimate of drug-likeness (QED) is 0.748. The molecule has 0 fully saturated rings. The molecule has 0 saturated carbocycles. The molecule has 0 aliphatic heterocycles. The van der Waals surface area contributed by atoms with E-state index in [1.54, 1.807) is 0 Å². The summed E-state index contributed by atoms with van der Waals surface area (Å²) < 4.78 is 13.4. The highest BCUT2D eigenvalue weighted by Crippen LogP contribution is 2.14. The van der Waals surface area contributed by atoms with Crippen molar-refractivity contribution < 1.29 is 19.1 Å². The van der Waals surface area contributed by atoms with Gasteiger partial charge in [0.2, 0.25) is 0 Å². The number of benzene rings is 1. The number of hydrogen-bond donors (Lipinski definition) is 1. The van der Waals surface area contributed by atoms with Crippen molar-refractivity contribution in [2.24, 2.45) is 0 Å². The standard InChI is InChI=1S/C10H9FO3/c1-6(12)8-4-2-3-7(10(8)11)5-9(13)14/h2-4H,5H2,1H3,(H,13,14). The van der Waals surface area contributed by atoms with Crippen molar-refractivity contribution >= 4 is 11.8 Å². The van der Waals surface area contributed by atoms with Gasteiger partial charge in [-0.25, -0.2) is 4.39 Å². The molecule has 0 saturated heterocycles. The number of carbonyl (C=O) groups excluding carboxylic acids is 1. The number of carbonyl (C=O) groups is 2. The molecule has 1 N–H and O–H groups in total. The number of Topliss-reactive ketones (excluding diaryl/α,β-unsaturated/α-hetero) is 1. The van der Waals surface area contributed by atoms with Crippen LogP contribution in [0.15, 0.2) is 18.2 Å². The van der Waals surface area contributed by atoms with E-state index >= 15 is 0 Å².